The third-order valence-corrected chi connectivity index (χ3v) is 10.9. The molecule has 5 aliphatic carbocycles. The zero-order chi connectivity index (χ0) is 21.1. The van der Waals surface area contributed by atoms with Gasteiger partial charge in [0.2, 0.25) is 0 Å². The summed E-state index contributed by atoms with van der Waals surface area (Å²) in [5.41, 5.74) is 0.408. The molecule has 5 rings (SSSR count). The molecule has 30 heavy (non-hydrogen) atoms. The van der Waals surface area contributed by atoms with Crippen LogP contribution in [0, 0.1) is 40.4 Å². The summed E-state index contributed by atoms with van der Waals surface area (Å²) in [4.78, 5) is 12.7. The number of carbonyl (C=O) groups is 1. The van der Waals surface area contributed by atoms with Gasteiger partial charge in [0.25, 0.3) is 0 Å². The highest BCUT2D eigenvalue weighted by Crippen LogP contribution is 2.67. The lowest BCUT2D eigenvalue weighted by molar-refractivity contribution is -0.162. The molecular weight excluding hydrogens is 374 g/mol. The number of fused-ring (bicyclic) bond motifs is 5. The van der Waals surface area contributed by atoms with Crippen molar-refractivity contribution in [3.05, 3.63) is 0 Å². The van der Waals surface area contributed by atoms with Crippen molar-refractivity contribution in [1.29, 1.82) is 0 Å². The van der Waals surface area contributed by atoms with Gasteiger partial charge in [0.1, 0.15) is 0 Å². The Bertz CT molecular complexity index is 661. The summed E-state index contributed by atoms with van der Waals surface area (Å²) in [5, 5.41) is 14.6. The van der Waals surface area contributed by atoms with Gasteiger partial charge in [-0.2, -0.15) is 0 Å². The molecule has 0 amide bonds. The van der Waals surface area contributed by atoms with Crippen LogP contribution in [0.4, 0.5) is 0 Å². The van der Waals surface area contributed by atoms with E-state index in [1.807, 2.05) is 0 Å². The van der Waals surface area contributed by atoms with Crippen LogP contribution in [-0.4, -0.2) is 36.4 Å². The van der Waals surface area contributed by atoms with Crippen molar-refractivity contribution in [3.63, 3.8) is 0 Å². The van der Waals surface area contributed by atoms with E-state index in [2.05, 4.69) is 19.2 Å². The standard InChI is InChI=1S/C26H43NO3/c1-25-13-12-18(28)14-16(25)8-9-19-20-10-11-21(24(29)30-3)26(20,2)15-22(23(19)25)27-17-6-4-5-7-17/h16-23,27-28H,4-15H2,1-3H3/t16?,18?,19-,20-,21?,22?,23-,25-,26-/m0/s1. The van der Waals surface area contributed by atoms with Crippen LogP contribution in [0.3, 0.4) is 0 Å². The Morgan fingerprint density at radius 3 is 2.50 bits per heavy atom. The molecule has 0 radical (unpaired) electrons. The van der Waals surface area contributed by atoms with Crippen LogP contribution in [0.25, 0.3) is 0 Å². The number of aliphatic hydroxyl groups is 1. The molecule has 5 saturated carbocycles. The van der Waals surface area contributed by atoms with Gasteiger partial charge in [0.15, 0.2) is 0 Å². The van der Waals surface area contributed by atoms with Crippen molar-refractivity contribution >= 4 is 5.97 Å². The van der Waals surface area contributed by atoms with Crippen LogP contribution in [0.2, 0.25) is 0 Å². The van der Waals surface area contributed by atoms with Crippen molar-refractivity contribution in [2.75, 3.05) is 7.11 Å². The summed E-state index contributed by atoms with van der Waals surface area (Å²) in [6.07, 6.45) is 14.3. The predicted molar refractivity (Wildman–Crippen MR) is 118 cm³/mol. The molecule has 0 aromatic carbocycles. The topological polar surface area (TPSA) is 58.6 Å². The van der Waals surface area contributed by atoms with Gasteiger partial charge in [-0.3, -0.25) is 4.79 Å². The number of carbonyl (C=O) groups excluding carboxylic acids is 1. The second kappa shape index (κ2) is 7.76. The van der Waals surface area contributed by atoms with Crippen LogP contribution in [0.5, 0.6) is 0 Å². The molecule has 0 spiro atoms. The third-order valence-electron chi connectivity index (χ3n) is 10.9. The Morgan fingerprint density at radius 1 is 1.00 bits per heavy atom. The maximum absolute atomic E-state index is 12.7. The van der Waals surface area contributed by atoms with Gasteiger partial charge < -0.3 is 15.2 Å². The molecule has 4 nitrogen and oxygen atoms in total. The first-order valence-electron chi connectivity index (χ1n) is 12.9. The van der Waals surface area contributed by atoms with Crippen molar-refractivity contribution in [2.24, 2.45) is 40.4 Å². The van der Waals surface area contributed by atoms with Gasteiger partial charge in [-0.15, -0.1) is 0 Å². The highest BCUT2D eigenvalue weighted by Gasteiger charge is 2.64. The van der Waals surface area contributed by atoms with E-state index < -0.39 is 0 Å². The smallest absolute Gasteiger partial charge is 0.309 e. The second-order valence-electron chi connectivity index (χ2n) is 12.1. The van der Waals surface area contributed by atoms with Crippen molar-refractivity contribution < 1.29 is 14.6 Å². The number of rotatable bonds is 3. The van der Waals surface area contributed by atoms with Gasteiger partial charge in [0.05, 0.1) is 19.1 Å². The molecule has 0 aromatic heterocycles. The number of hydrogen-bond donors (Lipinski definition) is 2. The van der Waals surface area contributed by atoms with Crippen molar-refractivity contribution in [1.82, 2.24) is 5.32 Å². The van der Waals surface area contributed by atoms with Crippen LogP contribution in [-0.2, 0) is 9.53 Å². The van der Waals surface area contributed by atoms with Crippen molar-refractivity contribution in [2.45, 2.75) is 109 Å². The van der Waals surface area contributed by atoms with Gasteiger partial charge in [-0.1, -0.05) is 26.7 Å². The molecule has 2 N–H and O–H groups in total. The Labute approximate surface area is 182 Å². The largest absolute Gasteiger partial charge is 0.469 e. The summed E-state index contributed by atoms with van der Waals surface area (Å²) in [7, 11) is 1.57. The SMILES string of the molecule is COC(=O)C1CC[C@H]2[C@@H]3CCC4CC(O)CC[C@]4(C)[C@@H]3C(NC3CCCC3)C[C@]12C. The zero-order valence-electron chi connectivity index (χ0n) is 19.4. The summed E-state index contributed by atoms with van der Waals surface area (Å²) in [5.74, 6) is 2.82. The van der Waals surface area contributed by atoms with Gasteiger partial charge in [0, 0.05) is 12.1 Å². The van der Waals surface area contributed by atoms with E-state index in [9.17, 15) is 9.90 Å². The molecule has 4 unspecified atom stereocenters. The number of ether oxygens (including phenoxy) is 1. The van der Waals surface area contributed by atoms with Gasteiger partial charge >= 0.3 is 5.97 Å². The first-order valence-corrected chi connectivity index (χ1v) is 12.9. The van der Waals surface area contributed by atoms with E-state index in [4.69, 9.17) is 4.74 Å². The maximum Gasteiger partial charge on any atom is 0.309 e. The monoisotopic (exact) mass is 417 g/mol. The molecule has 0 aliphatic heterocycles. The fourth-order valence-electron chi connectivity index (χ4n) is 9.50. The Hall–Kier alpha value is -0.610. The summed E-state index contributed by atoms with van der Waals surface area (Å²) in [6, 6.07) is 1.17. The minimum atomic E-state index is -0.0927. The molecule has 5 fully saturated rings. The predicted octanol–water partition coefficient (Wildman–Crippen LogP) is 4.69. The maximum atomic E-state index is 12.7. The van der Waals surface area contributed by atoms with E-state index >= 15 is 0 Å². The number of nitrogens with one attached hydrogen (secondary N) is 1. The molecule has 170 valence electrons. The summed E-state index contributed by atoms with van der Waals surface area (Å²) < 4.78 is 5.28. The number of methoxy groups -OCH3 is 1. The van der Waals surface area contributed by atoms with Crippen LogP contribution >= 0.6 is 0 Å². The molecule has 0 saturated heterocycles. The second-order valence-corrected chi connectivity index (χ2v) is 12.1. The summed E-state index contributed by atoms with van der Waals surface area (Å²) >= 11 is 0. The number of esters is 1. The van der Waals surface area contributed by atoms with Gasteiger partial charge in [-0.05, 0) is 98.7 Å². The van der Waals surface area contributed by atoms with E-state index in [1.165, 1.54) is 51.4 Å². The van der Waals surface area contributed by atoms with Gasteiger partial charge in [-0.25, -0.2) is 0 Å². The Kier molecular flexibility index (Phi) is 5.50. The normalized spacial score (nSPS) is 51.1. The number of aliphatic hydroxyl groups excluding tert-OH is 1. The number of hydrogen-bond acceptors (Lipinski definition) is 4. The zero-order valence-corrected chi connectivity index (χ0v) is 19.4. The van der Waals surface area contributed by atoms with E-state index in [0.29, 0.717) is 41.2 Å². The highest BCUT2D eigenvalue weighted by atomic mass is 16.5. The molecule has 5 aliphatic rings. The van der Waals surface area contributed by atoms with E-state index in [-0.39, 0.29) is 23.4 Å². The molecule has 0 heterocycles. The average molecular weight is 418 g/mol. The lowest BCUT2D eigenvalue weighted by Gasteiger charge is -2.63. The molecule has 4 heteroatoms. The first kappa shape index (κ1) is 21.2. The van der Waals surface area contributed by atoms with Crippen LogP contribution in [0.15, 0.2) is 0 Å². The quantitative estimate of drug-likeness (QED) is 0.654. The lowest BCUT2D eigenvalue weighted by Crippen LogP contribution is -2.63. The Balaban J connectivity index is 1.49. The molecule has 9 atom stereocenters. The lowest BCUT2D eigenvalue weighted by atomic mass is 9.43. The summed E-state index contributed by atoms with van der Waals surface area (Å²) in [6.45, 7) is 4.99. The molecular formula is C26H43NO3. The van der Waals surface area contributed by atoms with Crippen molar-refractivity contribution in [3.8, 4) is 0 Å². The van der Waals surface area contributed by atoms with E-state index in [0.717, 1.165) is 25.7 Å². The minimum absolute atomic E-state index is 0.0266. The third kappa shape index (κ3) is 3.18. The highest BCUT2D eigenvalue weighted by molar-refractivity contribution is 5.74. The average Bonchev–Trinajstić information content (AvgIpc) is 3.34. The first-order chi connectivity index (χ1) is 14.4. The van der Waals surface area contributed by atoms with E-state index in [1.54, 1.807) is 7.11 Å². The molecule has 0 bridgehead atoms. The Morgan fingerprint density at radius 2 is 1.77 bits per heavy atom. The minimum Gasteiger partial charge on any atom is -0.469 e. The van der Waals surface area contributed by atoms with Crippen LogP contribution in [0.1, 0.15) is 90.9 Å². The van der Waals surface area contributed by atoms with Crippen LogP contribution < -0.4 is 5.32 Å². The fourth-order valence-corrected chi connectivity index (χ4v) is 9.50. The fraction of sp³-hybridized carbons (Fsp3) is 0.962. The molecule has 0 aromatic rings.